The molecule has 0 amide bonds. The highest BCUT2D eigenvalue weighted by Crippen LogP contribution is 2.26. The number of hydrogen-bond donors (Lipinski definition) is 2. The van der Waals surface area contributed by atoms with E-state index in [4.69, 9.17) is 9.15 Å². The molecule has 3 heterocycles. The first-order valence-corrected chi connectivity index (χ1v) is 11.1. The van der Waals surface area contributed by atoms with Crippen molar-refractivity contribution in [1.82, 2.24) is 20.4 Å². The maximum atomic E-state index is 5.96. The van der Waals surface area contributed by atoms with Crippen LogP contribution in [0.1, 0.15) is 44.3 Å². The summed E-state index contributed by atoms with van der Waals surface area (Å²) in [4.78, 5) is 9.42. The lowest BCUT2D eigenvalue weighted by atomic mass is 10.2. The monoisotopic (exact) mass is 533 g/mol. The van der Waals surface area contributed by atoms with Crippen molar-refractivity contribution in [3.05, 3.63) is 23.7 Å². The minimum atomic E-state index is 0. The fourth-order valence-corrected chi connectivity index (χ4v) is 4.31. The lowest BCUT2D eigenvalue weighted by Crippen LogP contribution is -2.50. The van der Waals surface area contributed by atoms with Gasteiger partial charge in [-0.15, -0.1) is 24.0 Å². The number of hydrogen-bond acceptors (Lipinski definition) is 5. The van der Waals surface area contributed by atoms with Gasteiger partial charge in [-0.1, -0.05) is 13.8 Å². The number of nitrogens with one attached hydrogen (secondary N) is 2. The average molecular weight is 533 g/mol. The van der Waals surface area contributed by atoms with Crippen molar-refractivity contribution in [2.75, 3.05) is 59.5 Å². The molecule has 0 aromatic carbocycles. The lowest BCUT2D eigenvalue weighted by Gasteiger charge is -2.34. The predicted octanol–water partition coefficient (Wildman–Crippen LogP) is 2.86. The number of ether oxygens (including phenoxy) is 1. The van der Waals surface area contributed by atoms with Crippen molar-refractivity contribution in [2.45, 2.75) is 45.8 Å². The van der Waals surface area contributed by atoms with Crippen LogP contribution in [0, 0.1) is 12.8 Å². The summed E-state index contributed by atoms with van der Waals surface area (Å²) in [5.41, 5.74) is 0. The van der Waals surface area contributed by atoms with Crippen LogP contribution in [0.5, 0.6) is 0 Å². The zero-order valence-electron chi connectivity index (χ0n) is 19.0. The standard InChI is InChI=1S/C22H39N5O2.HI/c1-17(2)15-26-11-12-28-19(16-26)13-24-22(23-4)25-14-20(27-9-5-6-10-27)21-8-7-18(3)29-21;/h7-8,17,19-20H,5-6,9-16H2,1-4H3,(H2,23,24,25);1H. The van der Waals surface area contributed by atoms with Crippen LogP contribution in [-0.2, 0) is 4.74 Å². The van der Waals surface area contributed by atoms with Crippen LogP contribution in [0.15, 0.2) is 21.5 Å². The molecule has 0 aliphatic carbocycles. The zero-order valence-corrected chi connectivity index (χ0v) is 21.4. The van der Waals surface area contributed by atoms with Crippen LogP contribution in [0.25, 0.3) is 0 Å². The molecule has 2 N–H and O–H groups in total. The van der Waals surface area contributed by atoms with Gasteiger partial charge in [0.25, 0.3) is 0 Å². The third-order valence-electron chi connectivity index (χ3n) is 5.70. The molecule has 0 bridgehead atoms. The van der Waals surface area contributed by atoms with E-state index >= 15 is 0 Å². The topological polar surface area (TPSA) is 65.3 Å². The molecule has 2 aliphatic rings. The summed E-state index contributed by atoms with van der Waals surface area (Å²) >= 11 is 0. The van der Waals surface area contributed by atoms with Crippen molar-refractivity contribution in [3.8, 4) is 0 Å². The molecule has 2 fully saturated rings. The van der Waals surface area contributed by atoms with Crippen molar-refractivity contribution in [1.29, 1.82) is 0 Å². The molecule has 1 aromatic heterocycles. The highest BCUT2D eigenvalue weighted by atomic mass is 127. The molecule has 3 rings (SSSR count). The number of nitrogens with zero attached hydrogens (tertiary/aromatic N) is 3. The number of furan rings is 1. The minimum absolute atomic E-state index is 0. The number of morpholine rings is 1. The number of halogens is 1. The van der Waals surface area contributed by atoms with E-state index in [1.165, 1.54) is 12.8 Å². The highest BCUT2D eigenvalue weighted by molar-refractivity contribution is 14.0. The van der Waals surface area contributed by atoms with Gasteiger partial charge < -0.3 is 19.8 Å². The molecule has 2 unspecified atom stereocenters. The Morgan fingerprint density at radius 2 is 1.97 bits per heavy atom. The Bertz CT molecular complexity index is 645. The van der Waals surface area contributed by atoms with Crippen LogP contribution >= 0.6 is 24.0 Å². The molecular weight excluding hydrogens is 493 g/mol. The second-order valence-electron chi connectivity index (χ2n) is 8.69. The SMILES string of the molecule is CN=C(NCC1CN(CC(C)C)CCO1)NCC(c1ccc(C)o1)N1CCCC1.I. The number of aryl methyl sites for hydroxylation is 1. The molecule has 0 saturated carbocycles. The fraction of sp³-hybridized carbons (Fsp3) is 0.773. The Kier molecular flexibility index (Phi) is 10.9. The third kappa shape index (κ3) is 7.69. The second kappa shape index (κ2) is 12.9. The van der Waals surface area contributed by atoms with Gasteiger partial charge in [-0.2, -0.15) is 0 Å². The Hall–Kier alpha value is -0.840. The number of rotatable bonds is 8. The van der Waals surface area contributed by atoms with E-state index in [9.17, 15) is 0 Å². The van der Waals surface area contributed by atoms with Crippen LogP contribution in [0.2, 0.25) is 0 Å². The summed E-state index contributed by atoms with van der Waals surface area (Å²) < 4.78 is 11.9. The molecule has 8 heteroatoms. The van der Waals surface area contributed by atoms with Crippen LogP contribution < -0.4 is 10.6 Å². The number of guanidine groups is 1. The van der Waals surface area contributed by atoms with E-state index < -0.39 is 0 Å². The van der Waals surface area contributed by atoms with Crippen molar-refractivity contribution in [2.24, 2.45) is 10.9 Å². The third-order valence-corrected chi connectivity index (χ3v) is 5.70. The zero-order chi connectivity index (χ0) is 20.6. The number of aliphatic imine (C=N–C) groups is 1. The van der Waals surface area contributed by atoms with Crippen molar-refractivity contribution < 1.29 is 9.15 Å². The quantitative estimate of drug-likeness (QED) is 0.305. The first-order valence-electron chi connectivity index (χ1n) is 11.1. The van der Waals surface area contributed by atoms with Gasteiger partial charge in [0.2, 0.25) is 0 Å². The smallest absolute Gasteiger partial charge is 0.191 e. The van der Waals surface area contributed by atoms with E-state index in [-0.39, 0.29) is 36.1 Å². The Morgan fingerprint density at radius 3 is 2.60 bits per heavy atom. The largest absolute Gasteiger partial charge is 0.465 e. The fourth-order valence-electron chi connectivity index (χ4n) is 4.31. The van der Waals surface area contributed by atoms with Crippen molar-refractivity contribution >= 4 is 29.9 Å². The molecule has 7 nitrogen and oxygen atoms in total. The Labute approximate surface area is 199 Å². The lowest BCUT2D eigenvalue weighted by molar-refractivity contribution is -0.0284. The van der Waals surface area contributed by atoms with E-state index in [1.54, 1.807) is 0 Å². The van der Waals surface area contributed by atoms with Crippen molar-refractivity contribution in [3.63, 3.8) is 0 Å². The first kappa shape index (κ1) is 25.4. The summed E-state index contributed by atoms with van der Waals surface area (Å²) in [5.74, 6) is 3.50. The summed E-state index contributed by atoms with van der Waals surface area (Å²) in [6.07, 6.45) is 2.72. The molecule has 2 aliphatic heterocycles. The second-order valence-corrected chi connectivity index (χ2v) is 8.69. The summed E-state index contributed by atoms with van der Waals surface area (Å²) in [6, 6.07) is 4.39. The van der Waals surface area contributed by atoms with E-state index in [1.807, 2.05) is 14.0 Å². The van der Waals surface area contributed by atoms with E-state index in [0.29, 0.717) is 5.92 Å². The van der Waals surface area contributed by atoms with Gasteiger partial charge in [-0.05, 0) is 50.9 Å². The summed E-state index contributed by atoms with van der Waals surface area (Å²) in [5, 5.41) is 6.96. The van der Waals surface area contributed by atoms with Crippen LogP contribution in [-0.4, -0.2) is 81.3 Å². The maximum absolute atomic E-state index is 5.96. The van der Waals surface area contributed by atoms with Gasteiger partial charge in [0, 0.05) is 39.8 Å². The van der Waals surface area contributed by atoms with Gasteiger partial charge in [-0.3, -0.25) is 14.8 Å². The summed E-state index contributed by atoms with van der Waals surface area (Å²) in [6.45, 7) is 14.3. The average Bonchev–Trinajstić information content (AvgIpc) is 3.36. The minimum Gasteiger partial charge on any atom is -0.465 e. The molecule has 0 radical (unpaired) electrons. The predicted molar refractivity (Wildman–Crippen MR) is 133 cm³/mol. The summed E-state index contributed by atoms with van der Waals surface area (Å²) in [7, 11) is 1.82. The number of likely N-dealkylation sites (tertiary alicyclic amines) is 1. The van der Waals surface area contributed by atoms with E-state index in [0.717, 1.165) is 69.9 Å². The highest BCUT2D eigenvalue weighted by Gasteiger charge is 2.26. The van der Waals surface area contributed by atoms with E-state index in [2.05, 4.69) is 51.4 Å². The molecular formula is C22H40IN5O2. The van der Waals surface area contributed by atoms with Gasteiger partial charge in [0.05, 0.1) is 18.8 Å². The van der Waals surface area contributed by atoms with Gasteiger partial charge >= 0.3 is 0 Å². The normalized spacial score (nSPS) is 22.2. The molecule has 2 atom stereocenters. The first-order chi connectivity index (χ1) is 14.0. The molecule has 172 valence electrons. The molecule has 2 saturated heterocycles. The van der Waals surface area contributed by atoms with Crippen LogP contribution in [0.3, 0.4) is 0 Å². The molecule has 0 spiro atoms. The van der Waals surface area contributed by atoms with Crippen LogP contribution in [0.4, 0.5) is 0 Å². The molecule has 30 heavy (non-hydrogen) atoms. The van der Waals surface area contributed by atoms with Gasteiger partial charge in [0.1, 0.15) is 11.5 Å². The van der Waals surface area contributed by atoms with Gasteiger partial charge in [0.15, 0.2) is 5.96 Å². The maximum Gasteiger partial charge on any atom is 0.191 e. The Morgan fingerprint density at radius 1 is 1.20 bits per heavy atom. The Balaban J connectivity index is 0.00000320. The molecule has 1 aromatic rings. The van der Waals surface area contributed by atoms with Gasteiger partial charge in [-0.25, -0.2) is 0 Å².